The first-order chi connectivity index (χ1) is 13.4. The van der Waals surface area contributed by atoms with E-state index >= 15 is 0 Å². The number of rotatable bonds is 7. The molecule has 0 aliphatic rings. The lowest BCUT2D eigenvalue weighted by atomic mass is 10.2. The molecule has 0 N–H and O–H groups in total. The van der Waals surface area contributed by atoms with E-state index in [1.807, 2.05) is 55.4 Å². The Balaban J connectivity index is 2.04. The summed E-state index contributed by atoms with van der Waals surface area (Å²) in [5, 5.41) is 0.646. The van der Waals surface area contributed by atoms with Crippen LogP contribution in [0.5, 0.6) is 11.5 Å². The quantitative estimate of drug-likeness (QED) is 0.523. The fourth-order valence-electron chi connectivity index (χ4n) is 2.72. The number of thiazole rings is 1. The van der Waals surface area contributed by atoms with Crippen LogP contribution in [-0.2, 0) is 0 Å². The molecular formula is C20H22BrN3O3S. The van der Waals surface area contributed by atoms with E-state index in [-0.39, 0.29) is 5.91 Å². The van der Waals surface area contributed by atoms with E-state index in [4.69, 9.17) is 14.5 Å². The topological polar surface area (TPSA) is 54.9 Å². The highest BCUT2D eigenvalue weighted by Crippen LogP contribution is 2.37. The zero-order chi connectivity index (χ0) is 20.3. The molecule has 1 heterocycles. The summed E-state index contributed by atoms with van der Waals surface area (Å²) in [4.78, 5) is 21.8. The van der Waals surface area contributed by atoms with Crippen molar-refractivity contribution in [2.24, 2.45) is 0 Å². The first kappa shape index (κ1) is 20.6. The highest BCUT2D eigenvalue weighted by molar-refractivity contribution is 9.10. The van der Waals surface area contributed by atoms with Crippen molar-refractivity contribution in [2.75, 3.05) is 46.3 Å². The number of amides is 1. The molecule has 0 atom stereocenters. The second-order valence-corrected chi connectivity index (χ2v) is 8.27. The molecule has 0 bridgehead atoms. The Morgan fingerprint density at radius 2 is 1.79 bits per heavy atom. The molecule has 0 fully saturated rings. The van der Waals surface area contributed by atoms with Gasteiger partial charge in [-0.15, -0.1) is 0 Å². The van der Waals surface area contributed by atoms with Crippen molar-refractivity contribution in [3.63, 3.8) is 0 Å². The van der Waals surface area contributed by atoms with Gasteiger partial charge in [0.05, 0.1) is 30.0 Å². The Morgan fingerprint density at radius 3 is 2.43 bits per heavy atom. The predicted octanol–water partition coefficient (Wildman–Crippen LogP) is 4.28. The van der Waals surface area contributed by atoms with Crippen LogP contribution in [0.25, 0.3) is 10.2 Å². The van der Waals surface area contributed by atoms with Crippen LogP contribution < -0.4 is 14.4 Å². The lowest BCUT2D eigenvalue weighted by Gasteiger charge is -2.22. The van der Waals surface area contributed by atoms with Crippen molar-refractivity contribution in [1.82, 2.24) is 9.88 Å². The summed E-state index contributed by atoms with van der Waals surface area (Å²) >= 11 is 4.94. The van der Waals surface area contributed by atoms with Gasteiger partial charge in [-0.05, 0) is 42.2 Å². The number of benzene rings is 2. The molecule has 2 aromatic carbocycles. The Bertz CT molecular complexity index is 949. The van der Waals surface area contributed by atoms with Crippen LogP contribution in [0.15, 0.2) is 40.9 Å². The molecule has 8 heteroatoms. The first-order valence-electron chi connectivity index (χ1n) is 8.68. The number of ether oxygens (including phenoxy) is 2. The average molecular weight is 464 g/mol. The van der Waals surface area contributed by atoms with Crippen molar-refractivity contribution in [2.45, 2.75) is 0 Å². The largest absolute Gasteiger partial charge is 0.493 e. The number of hydrogen-bond acceptors (Lipinski definition) is 6. The maximum absolute atomic E-state index is 13.3. The number of methoxy groups -OCH3 is 2. The number of aromatic nitrogens is 1. The van der Waals surface area contributed by atoms with Crippen molar-refractivity contribution >= 4 is 48.5 Å². The number of nitrogens with zero attached hydrogens (tertiary/aromatic N) is 3. The molecule has 0 unspecified atom stereocenters. The number of halogens is 1. The van der Waals surface area contributed by atoms with Gasteiger partial charge in [-0.2, -0.15) is 0 Å². The second kappa shape index (κ2) is 8.89. The predicted molar refractivity (Wildman–Crippen MR) is 117 cm³/mol. The summed E-state index contributed by atoms with van der Waals surface area (Å²) in [5.74, 6) is 1.17. The third-order valence-corrected chi connectivity index (χ3v) is 5.97. The van der Waals surface area contributed by atoms with E-state index in [0.29, 0.717) is 28.7 Å². The zero-order valence-electron chi connectivity index (χ0n) is 16.2. The van der Waals surface area contributed by atoms with Crippen LogP contribution in [0.4, 0.5) is 5.13 Å². The molecule has 0 aliphatic heterocycles. The van der Waals surface area contributed by atoms with E-state index < -0.39 is 0 Å². The molecule has 0 saturated heterocycles. The van der Waals surface area contributed by atoms with Crippen LogP contribution in [0.2, 0.25) is 0 Å². The number of fused-ring (bicyclic) bond motifs is 1. The Labute approximate surface area is 176 Å². The molecule has 3 rings (SSSR count). The maximum Gasteiger partial charge on any atom is 0.261 e. The summed E-state index contributed by atoms with van der Waals surface area (Å²) in [7, 11) is 7.16. The van der Waals surface area contributed by atoms with Gasteiger partial charge in [-0.1, -0.05) is 23.5 Å². The van der Waals surface area contributed by atoms with Gasteiger partial charge in [0.2, 0.25) is 0 Å². The van der Waals surface area contributed by atoms with Crippen molar-refractivity contribution < 1.29 is 14.3 Å². The Hall–Kier alpha value is -2.16. The highest BCUT2D eigenvalue weighted by atomic mass is 79.9. The van der Waals surface area contributed by atoms with Crippen molar-refractivity contribution in [3.05, 3.63) is 46.4 Å². The molecule has 0 radical (unpaired) electrons. The van der Waals surface area contributed by atoms with E-state index in [0.717, 1.165) is 21.2 Å². The fraction of sp³-hybridized carbons (Fsp3) is 0.300. The molecule has 6 nitrogen and oxygen atoms in total. The molecule has 0 aliphatic carbocycles. The van der Waals surface area contributed by atoms with Crippen LogP contribution in [-0.4, -0.2) is 57.2 Å². The molecule has 1 aromatic heterocycles. The van der Waals surface area contributed by atoms with Gasteiger partial charge in [-0.25, -0.2) is 4.98 Å². The molecular weight excluding hydrogens is 442 g/mol. The van der Waals surface area contributed by atoms with Gasteiger partial charge in [0, 0.05) is 29.7 Å². The molecule has 0 saturated carbocycles. The van der Waals surface area contributed by atoms with Gasteiger partial charge in [-0.3, -0.25) is 9.69 Å². The van der Waals surface area contributed by atoms with Gasteiger partial charge in [0.1, 0.15) is 0 Å². The molecule has 0 spiro atoms. The van der Waals surface area contributed by atoms with Crippen molar-refractivity contribution in [3.8, 4) is 11.5 Å². The molecule has 1 amide bonds. The summed E-state index contributed by atoms with van der Waals surface area (Å²) in [6, 6.07) is 11.2. The standard InChI is InChI=1S/C20H22BrN3O3S/c1-23(2)9-10-24(19(25)13-7-5-6-8-14(13)21)20-22-15-11-16(26-3)17(27-4)12-18(15)28-20/h5-8,11-12H,9-10H2,1-4H3. The first-order valence-corrected chi connectivity index (χ1v) is 10.3. The highest BCUT2D eigenvalue weighted by Gasteiger charge is 2.23. The summed E-state index contributed by atoms with van der Waals surface area (Å²) in [6.07, 6.45) is 0. The van der Waals surface area contributed by atoms with E-state index in [1.54, 1.807) is 19.1 Å². The summed E-state index contributed by atoms with van der Waals surface area (Å²) < 4.78 is 12.5. The molecule has 148 valence electrons. The number of anilines is 1. The Kier molecular flexibility index (Phi) is 6.53. The van der Waals surface area contributed by atoms with Gasteiger partial charge in [0.25, 0.3) is 5.91 Å². The molecule has 3 aromatic rings. The Morgan fingerprint density at radius 1 is 1.11 bits per heavy atom. The average Bonchev–Trinajstić information content (AvgIpc) is 3.09. The van der Waals surface area contributed by atoms with Crippen LogP contribution in [0.3, 0.4) is 0 Å². The minimum Gasteiger partial charge on any atom is -0.493 e. The third-order valence-electron chi connectivity index (χ3n) is 4.23. The van der Waals surface area contributed by atoms with E-state index in [1.165, 1.54) is 11.3 Å². The normalized spacial score (nSPS) is 11.1. The van der Waals surface area contributed by atoms with Gasteiger partial charge < -0.3 is 14.4 Å². The van der Waals surface area contributed by atoms with Gasteiger partial charge >= 0.3 is 0 Å². The number of carbonyl (C=O) groups is 1. The van der Waals surface area contributed by atoms with Crippen molar-refractivity contribution in [1.29, 1.82) is 0 Å². The third kappa shape index (κ3) is 4.29. The SMILES string of the molecule is COc1cc2nc(N(CCN(C)C)C(=O)c3ccccc3Br)sc2cc1OC. The molecule has 28 heavy (non-hydrogen) atoms. The zero-order valence-corrected chi connectivity index (χ0v) is 18.6. The minimum absolute atomic E-state index is 0.0905. The summed E-state index contributed by atoms with van der Waals surface area (Å²) in [6.45, 7) is 1.25. The van der Waals surface area contributed by atoms with Gasteiger partial charge in [0.15, 0.2) is 16.6 Å². The van der Waals surface area contributed by atoms with Crippen LogP contribution in [0, 0.1) is 0 Å². The lowest BCUT2D eigenvalue weighted by Crippen LogP contribution is -2.36. The smallest absolute Gasteiger partial charge is 0.261 e. The van der Waals surface area contributed by atoms with E-state index in [2.05, 4.69) is 15.9 Å². The lowest BCUT2D eigenvalue weighted by molar-refractivity contribution is 0.0984. The van der Waals surface area contributed by atoms with Crippen LogP contribution >= 0.6 is 27.3 Å². The number of hydrogen-bond donors (Lipinski definition) is 0. The monoisotopic (exact) mass is 463 g/mol. The second-order valence-electron chi connectivity index (χ2n) is 6.41. The maximum atomic E-state index is 13.3. The summed E-state index contributed by atoms with van der Waals surface area (Å²) in [5.41, 5.74) is 1.38. The number of carbonyl (C=O) groups excluding carboxylic acids is 1. The fourth-order valence-corrected chi connectivity index (χ4v) is 4.18. The van der Waals surface area contributed by atoms with E-state index in [9.17, 15) is 4.79 Å². The van der Waals surface area contributed by atoms with Crippen LogP contribution in [0.1, 0.15) is 10.4 Å². The minimum atomic E-state index is -0.0905. The number of likely N-dealkylation sites (N-methyl/N-ethyl adjacent to an activating group) is 1.